The zero-order chi connectivity index (χ0) is 33.6. The zero-order valence-electron chi connectivity index (χ0n) is 25.3. The Morgan fingerprint density at radius 2 is 1.85 bits per heavy atom. The molecule has 0 aliphatic carbocycles. The number of rotatable bonds is 6. The number of nitrogens with one attached hydrogen (secondary N) is 1. The summed E-state index contributed by atoms with van der Waals surface area (Å²) in [5.41, 5.74) is 3.98. The summed E-state index contributed by atoms with van der Waals surface area (Å²) in [5.74, 6) is 0.522. The van der Waals surface area contributed by atoms with E-state index >= 15 is 13.2 Å². The van der Waals surface area contributed by atoms with E-state index in [1.54, 1.807) is 39.7 Å². The summed E-state index contributed by atoms with van der Waals surface area (Å²) < 4.78 is 52.9. The molecule has 0 saturated carbocycles. The van der Waals surface area contributed by atoms with Crippen molar-refractivity contribution in [1.82, 2.24) is 19.4 Å². The van der Waals surface area contributed by atoms with Gasteiger partial charge in [0.25, 0.3) is 0 Å². The van der Waals surface area contributed by atoms with E-state index in [-0.39, 0.29) is 81.1 Å². The number of ether oxygens (including phenoxy) is 1. The molecule has 1 saturated heterocycles. The first-order chi connectivity index (χ1) is 22.4. The van der Waals surface area contributed by atoms with E-state index in [1.165, 1.54) is 16.7 Å². The number of nitrogens with zero attached hydrogens (tertiary/aromatic N) is 5. The number of aromatic nitrogens is 3. The number of carbonyl (C=O) groups excluding carboxylic acids is 2. The number of amides is 3. The maximum absolute atomic E-state index is 15.1. The van der Waals surface area contributed by atoms with E-state index in [4.69, 9.17) is 10.5 Å². The van der Waals surface area contributed by atoms with Crippen molar-refractivity contribution in [2.45, 2.75) is 49.7 Å². The molecule has 1 unspecified atom stereocenters. The molecular formula is C31H30F3N7O4S2. The van der Waals surface area contributed by atoms with Gasteiger partial charge in [-0.15, -0.1) is 23.1 Å². The van der Waals surface area contributed by atoms with Gasteiger partial charge in [-0.05, 0) is 49.6 Å². The van der Waals surface area contributed by atoms with Gasteiger partial charge in [0.15, 0.2) is 0 Å². The second-order valence-electron chi connectivity index (χ2n) is 11.3. The summed E-state index contributed by atoms with van der Waals surface area (Å²) in [7, 11) is 0. The highest BCUT2D eigenvalue weighted by Crippen LogP contribution is 2.51. The number of halogens is 3. The first-order valence-corrected chi connectivity index (χ1v) is 16.5. The van der Waals surface area contributed by atoms with Gasteiger partial charge in [-0.25, -0.2) is 9.59 Å². The molecule has 11 nitrogen and oxygen atoms in total. The number of piperazine rings is 1. The van der Waals surface area contributed by atoms with Gasteiger partial charge in [0, 0.05) is 59.2 Å². The third-order valence-electron chi connectivity index (χ3n) is 8.05. The standard InChI is InChI=1S/C31H30F3N7O4S2/c1-4-23(42)41-16(2)12-39(13-17(41)3)28-20-11-21(31(32,33)34)24(26-22(7-10-46-26)37-29(35)43)27-25(20)40(30(44)38-28)14-19(15-47-27)45-18-5-8-36-9-6-18/h4-11,16-17,19H,1,12-15H2,2-3H3,(H3,35,37,43)/t16-,17+,19?. The lowest BCUT2D eigenvalue weighted by atomic mass is 9.99. The highest BCUT2D eigenvalue weighted by atomic mass is 32.2. The van der Waals surface area contributed by atoms with E-state index in [2.05, 4.69) is 21.9 Å². The van der Waals surface area contributed by atoms with Gasteiger partial charge >= 0.3 is 17.9 Å². The molecule has 5 heterocycles. The molecule has 3 atom stereocenters. The second-order valence-corrected chi connectivity index (χ2v) is 13.2. The van der Waals surface area contributed by atoms with Gasteiger partial charge in [0.1, 0.15) is 17.7 Å². The Balaban J connectivity index is 1.60. The quantitative estimate of drug-likeness (QED) is 0.265. The summed E-state index contributed by atoms with van der Waals surface area (Å²) >= 11 is 2.15. The molecule has 3 amide bonds. The smallest absolute Gasteiger partial charge is 0.417 e. The van der Waals surface area contributed by atoms with E-state index in [0.717, 1.165) is 29.2 Å². The topological polar surface area (TPSA) is 136 Å². The molecule has 47 heavy (non-hydrogen) atoms. The van der Waals surface area contributed by atoms with Crippen LogP contribution in [0.1, 0.15) is 19.4 Å². The third kappa shape index (κ3) is 6.14. The predicted molar refractivity (Wildman–Crippen MR) is 175 cm³/mol. The lowest BCUT2D eigenvalue weighted by Gasteiger charge is -2.44. The van der Waals surface area contributed by atoms with Crippen molar-refractivity contribution in [2.24, 2.45) is 5.73 Å². The van der Waals surface area contributed by atoms with Crippen LogP contribution < -0.4 is 26.4 Å². The molecule has 6 rings (SSSR count). The van der Waals surface area contributed by atoms with Gasteiger partial charge in [-0.2, -0.15) is 18.2 Å². The molecule has 3 N–H and O–H groups in total. The molecule has 3 aromatic heterocycles. The van der Waals surface area contributed by atoms with Crippen LogP contribution in [0.3, 0.4) is 0 Å². The van der Waals surface area contributed by atoms with E-state index < -0.39 is 29.6 Å². The van der Waals surface area contributed by atoms with Crippen molar-refractivity contribution in [3.8, 4) is 16.2 Å². The third-order valence-corrected chi connectivity index (χ3v) is 10.2. The maximum Gasteiger partial charge on any atom is 0.417 e. The second kappa shape index (κ2) is 12.6. The van der Waals surface area contributed by atoms with Crippen molar-refractivity contribution < 1.29 is 27.5 Å². The fourth-order valence-corrected chi connectivity index (χ4v) is 8.50. The highest BCUT2D eigenvalue weighted by molar-refractivity contribution is 7.99. The number of hydrogen-bond acceptors (Lipinski definition) is 9. The molecular weight excluding hydrogens is 656 g/mol. The number of thiophene rings is 1. The summed E-state index contributed by atoms with van der Waals surface area (Å²) in [6.45, 7) is 7.71. The Hall–Kier alpha value is -4.57. The molecule has 0 radical (unpaired) electrons. The molecule has 16 heteroatoms. The van der Waals surface area contributed by atoms with E-state index in [9.17, 15) is 14.4 Å². The number of carbonyl (C=O) groups is 2. The van der Waals surface area contributed by atoms with Crippen molar-refractivity contribution in [3.63, 3.8) is 0 Å². The molecule has 4 aromatic rings. The van der Waals surface area contributed by atoms with Crippen LogP contribution >= 0.6 is 23.1 Å². The summed E-state index contributed by atoms with van der Waals surface area (Å²) in [6, 6.07) is 4.20. The molecule has 0 bridgehead atoms. The van der Waals surface area contributed by atoms with Crippen molar-refractivity contribution in [3.05, 3.63) is 70.7 Å². The predicted octanol–water partition coefficient (Wildman–Crippen LogP) is 5.19. The normalized spacial score (nSPS) is 19.7. The van der Waals surface area contributed by atoms with Crippen molar-refractivity contribution in [2.75, 3.05) is 29.1 Å². The van der Waals surface area contributed by atoms with Gasteiger partial charge in [0.2, 0.25) is 5.91 Å². The van der Waals surface area contributed by atoms with Crippen LogP contribution in [0.5, 0.6) is 5.75 Å². The van der Waals surface area contributed by atoms with Crippen molar-refractivity contribution >= 4 is 57.4 Å². The molecule has 0 spiro atoms. The van der Waals surface area contributed by atoms with Crippen LogP contribution in [0.25, 0.3) is 21.3 Å². The number of hydrogen-bond donors (Lipinski definition) is 2. The first-order valence-electron chi connectivity index (χ1n) is 14.6. The van der Waals surface area contributed by atoms with Crippen LogP contribution in [0.15, 0.2) is 64.4 Å². The lowest BCUT2D eigenvalue weighted by Crippen LogP contribution is -2.58. The highest BCUT2D eigenvalue weighted by Gasteiger charge is 2.40. The number of pyridine rings is 1. The number of thioether (sulfide) groups is 1. The number of alkyl halides is 3. The van der Waals surface area contributed by atoms with Gasteiger partial charge in [0.05, 0.1) is 28.2 Å². The largest absolute Gasteiger partial charge is 0.488 e. The van der Waals surface area contributed by atoms with Gasteiger partial charge in [-0.3, -0.25) is 14.3 Å². The average Bonchev–Trinajstić information content (AvgIpc) is 3.37. The number of nitrogens with two attached hydrogens (primary N) is 1. The zero-order valence-corrected chi connectivity index (χ0v) is 26.9. The van der Waals surface area contributed by atoms with Crippen LogP contribution in [-0.2, 0) is 17.5 Å². The number of urea groups is 1. The fraction of sp³-hybridized carbons (Fsp3) is 0.323. The lowest BCUT2D eigenvalue weighted by molar-refractivity contribution is -0.137. The molecule has 2 aliphatic heterocycles. The van der Waals surface area contributed by atoms with Gasteiger partial charge in [-0.1, -0.05) is 6.58 Å². The minimum atomic E-state index is -4.83. The van der Waals surface area contributed by atoms with Crippen LogP contribution in [0.4, 0.5) is 29.5 Å². The fourth-order valence-electron chi connectivity index (χ4n) is 6.28. The molecule has 246 valence electrons. The Bertz CT molecular complexity index is 1920. The van der Waals surface area contributed by atoms with Crippen LogP contribution in [0.2, 0.25) is 0 Å². The van der Waals surface area contributed by atoms with Crippen LogP contribution in [0, 0.1) is 0 Å². The summed E-state index contributed by atoms with van der Waals surface area (Å²) in [6.07, 6.45) is -1.12. The Morgan fingerprint density at radius 1 is 1.15 bits per heavy atom. The Labute approximate surface area is 275 Å². The maximum atomic E-state index is 15.1. The number of benzene rings is 1. The first kappa shape index (κ1) is 32.4. The average molecular weight is 686 g/mol. The number of anilines is 2. The molecule has 1 aromatic carbocycles. The van der Waals surface area contributed by atoms with Gasteiger partial charge < -0.3 is 25.6 Å². The minimum absolute atomic E-state index is 0.0149. The minimum Gasteiger partial charge on any atom is -0.488 e. The number of primary amides is 1. The monoisotopic (exact) mass is 685 g/mol. The summed E-state index contributed by atoms with van der Waals surface area (Å²) in [4.78, 5) is 50.5. The van der Waals surface area contributed by atoms with Crippen molar-refractivity contribution in [1.29, 1.82) is 0 Å². The molecule has 2 aliphatic rings. The Morgan fingerprint density at radius 3 is 2.49 bits per heavy atom. The summed E-state index contributed by atoms with van der Waals surface area (Å²) in [5, 5.41) is 4.13. The molecule has 1 fully saturated rings. The SMILES string of the molecule is C=CC(=O)N1[C@H](C)CN(c2nc(=O)n3c4c(c(-c5sccc5NC(N)=O)c(C(F)(F)F)cc24)SCC(Oc2ccncc2)C3)C[C@@H]1C. The van der Waals surface area contributed by atoms with Crippen LogP contribution in [-0.4, -0.2) is 68.4 Å². The van der Waals surface area contributed by atoms with E-state index in [1.807, 2.05) is 13.8 Å². The van der Waals surface area contributed by atoms with E-state index in [0.29, 0.717) is 5.75 Å². The Kier molecular flexibility index (Phi) is 8.65.